The summed E-state index contributed by atoms with van der Waals surface area (Å²) in [5, 5.41) is 3.62. The van der Waals surface area contributed by atoms with Crippen molar-refractivity contribution >= 4 is 15.9 Å². The highest BCUT2D eigenvalue weighted by atomic mass is 79.9. The van der Waals surface area contributed by atoms with Crippen molar-refractivity contribution in [3.8, 4) is 0 Å². The van der Waals surface area contributed by atoms with Crippen molar-refractivity contribution in [1.29, 1.82) is 0 Å². The second kappa shape index (κ2) is 7.41. The number of hydrogen-bond acceptors (Lipinski definition) is 2. The number of halogens is 1. The van der Waals surface area contributed by atoms with Crippen LogP contribution >= 0.6 is 15.9 Å². The van der Waals surface area contributed by atoms with Gasteiger partial charge in [-0.2, -0.15) is 0 Å². The molecular formula is C16H25BrN2. The molecule has 2 nitrogen and oxygen atoms in total. The molecule has 19 heavy (non-hydrogen) atoms. The molecule has 0 radical (unpaired) electrons. The minimum absolute atomic E-state index is 0.861. The fourth-order valence-corrected chi connectivity index (χ4v) is 2.99. The van der Waals surface area contributed by atoms with Crippen LogP contribution in [-0.2, 0) is 6.54 Å². The first kappa shape index (κ1) is 15.0. The molecule has 3 heteroatoms. The molecule has 1 aliphatic heterocycles. The van der Waals surface area contributed by atoms with Crippen LogP contribution in [0.15, 0.2) is 22.7 Å². The summed E-state index contributed by atoms with van der Waals surface area (Å²) >= 11 is 3.55. The zero-order valence-electron chi connectivity index (χ0n) is 12.1. The molecule has 1 N–H and O–H groups in total. The lowest BCUT2D eigenvalue weighted by Crippen LogP contribution is -2.36. The Balaban J connectivity index is 1.70. The van der Waals surface area contributed by atoms with Crippen LogP contribution in [-0.4, -0.2) is 31.1 Å². The van der Waals surface area contributed by atoms with Crippen LogP contribution in [0.25, 0.3) is 0 Å². The maximum absolute atomic E-state index is 3.62. The number of hydrogen-bond donors (Lipinski definition) is 1. The molecule has 0 saturated carbocycles. The lowest BCUT2D eigenvalue weighted by atomic mass is 9.97. The van der Waals surface area contributed by atoms with Gasteiger partial charge >= 0.3 is 0 Å². The molecule has 1 fully saturated rings. The van der Waals surface area contributed by atoms with E-state index in [0.717, 1.165) is 19.0 Å². The first-order valence-electron chi connectivity index (χ1n) is 7.37. The van der Waals surface area contributed by atoms with E-state index >= 15 is 0 Å². The second-order valence-electron chi connectivity index (χ2n) is 5.59. The lowest BCUT2D eigenvalue weighted by molar-refractivity contribution is 0.190. The zero-order valence-corrected chi connectivity index (χ0v) is 13.7. The summed E-state index contributed by atoms with van der Waals surface area (Å²) in [5.41, 5.74) is 2.70. The maximum Gasteiger partial charge on any atom is 0.0205 e. The summed E-state index contributed by atoms with van der Waals surface area (Å²) in [5.74, 6) is 0.861. The average Bonchev–Trinajstić information content (AvgIpc) is 2.43. The third-order valence-electron chi connectivity index (χ3n) is 4.14. The molecule has 0 aromatic heterocycles. The summed E-state index contributed by atoms with van der Waals surface area (Å²) in [6.07, 6.45) is 2.69. The van der Waals surface area contributed by atoms with Crippen LogP contribution in [0.5, 0.6) is 0 Å². The molecule has 0 spiro atoms. The van der Waals surface area contributed by atoms with Gasteiger partial charge in [0.05, 0.1) is 0 Å². The average molecular weight is 325 g/mol. The highest BCUT2D eigenvalue weighted by molar-refractivity contribution is 9.10. The summed E-state index contributed by atoms with van der Waals surface area (Å²) in [4.78, 5) is 2.55. The fraction of sp³-hybridized carbons (Fsp3) is 0.625. The van der Waals surface area contributed by atoms with Crippen LogP contribution in [0.4, 0.5) is 0 Å². The number of nitrogens with zero attached hydrogens (tertiary/aromatic N) is 1. The van der Waals surface area contributed by atoms with Crippen molar-refractivity contribution in [2.75, 3.05) is 26.2 Å². The van der Waals surface area contributed by atoms with Crippen LogP contribution in [0.1, 0.15) is 30.9 Å². The van der Waals surface area contributed by atoms with Crippen LogP contribution in [0.3, 0.4) is 0 Å². The Morgan fingerprint density at radius 3 is 2.68 bits per heavy atom. The van der Waals surface area contributed by atoms with Crippen LogP contribution in [0, 0.1) is 12.8 Å². The van der Waals surface area contributed by atoms with Gasteiger partial charge in [0.15, 0.2) is 0 Å². The van der Waals surface area contributed by atoms with Crippen molar-refractivity contribution in [2.24, 2.45) is 5.92 Å². The fourth-order valence-electron chi connectivity index (χ4n) is 2.74. The predicted octanol–water partition coefficient (Wildman–Crippen LogP) is 3.58. The van der Waals surface area contributed by atoms with Crippen molar-refractivity contribution in [3.05, 3.63) is 33.8 Å². The topological polar surface area (TPSA) is 15.3 Å². The van der Waals surface area contributed by atoms with E-state index in [-0.39, 0.29) is 0 Å². The van der Waals surface area contributed by atoms with E-state index in [1.807, 2.05) is 0 Å². The monoisotopic (exact) mass is 324 g/mol. The Morgan fingerprint density at radius 2 is 2.05 bits per heavy atom. The summed E-state index contributed by atoms with van der Waals surface area (Å²) in [7, 11) is 0. The molecule has 2 rings (SSSR count). The highest BCUT2D eigenvalue weighted by Gasteiger charge is 2.17. The Labute approximate surface area is 125 Å². The third kappa shape index (κ3) is 4.59. The number of benzene rings is 1. The second-order valence-corrected chi connectivity index (χ2v) is 6.45. The standard InChI is InChI=1S/C16H25BrN2/c1-3-19-8-6-14(7-9-19)11-18-12-15-4-5-16(17)13(2)10-15/h4-5,10,14,18H,3,6-9,11-12H2,1-2H3. The number of piperidine rings is 1. The zero-order chi connectivity index (χ0) is 13.7. The SMILES string of the molecule is CCN1CCC(CNCc2ccc(Br)c(C)c2)CC1. The Hall–Kier alpha value is -0.380. The molecule has 1 aliphatic rings. The van der Waals surface area contributed by atoms with Gasteiger partial charge in [-0.3, -0.25) is 0 Å². The van der Waals surface area contributed by atoms with Gasteiger partial charge < -0.3 is 10.2 Å². The smallest absolute Gasteiger partial charge is 0.0205 e. The molecular weight excluding hydrogens is 300 g/mol. The molecule has 1 saturated heterocycles. The molecule has 0 atom stereocenters. The summed E-state index contributed by atoms with van der Waals surface area (Å²) < 4.78 is 1.20. The van der Waals surface area contributed by atoms with Gasteiger partial charge in [0.2, 0.25) is 0 Å². The molecule has 0 bridgehead atoms. The quantitative estimate of drug-likeness (QED) is 0.890. The van der Waals surface area contributed by atoms with E-state index in [0.29, 0.717) is 0 Å². The maximum atomic E-state index is 3.62. The van der Waals surface area contributed by atoms with Crippen LogP contribution < -0.4 is 5.32 Å². The van der Waals surface area contributed by atoms with E-state index in [1.165, 1.54) is 48.1 Å². The van der Waals surface area contributed by atoms with Crippen molar-refractivity contribution < 1.29 is 0 Å². The molecule has 0 unspecified atom stereocenters. The minimum atomic E-state index is 0.861. The molecule has 1 heterocycles. The molecule has 0 amide bonds. The molecule has 106 valence electrons. The Kier molecular flexibility index (Phi) is 5.86. The van der Waals surface area contributed by atoms with Gasteiger partial charge in [0.25, 0.3) is 0 Å². The van der Waals surface area contributed by atoms with E-state index < -0.39 is 0 Å². The highest BCUT2D eigenvalue weighted by Crippen LogP contribution is 2.18. The third-order valence-corrected chi connectivity index (χ3v) is 5.03. The minimum Gasteiger partial charge on any atom is -0.312 e. The van der Waals surface area contributed by atoms with Gasteiger partial charge in [0.1, 0.15) is 0 Å². The largest absolute Gasteiger partial charge is 0.312 e. The Morgan fingerprint density at radius 1 is 1.32 bits per heavy atom. The summed E-state index contributed by atoms with van der Waals surface area (Å²) in [6, 6.07) is 6.60. The van der Waals surface area contributed by atoms with E-state index in [1.54, 1.807) is 0 Å². The van der Waals surface area contributed by atoms with Crippen molar-refractivity contribution in [2.45, 2.75) is 33.2 Å². The van der Waals surface area contributed by atoms with Crippen LogP contribution in [0.2, 0.25) is 0 Å². The van der Waals surface area contributed by atoms with Gasteiger partial charge in [-0.25, -0.2) is 0 Å². The molecule has 1 aromatic carbocycles. The first-order valence-corrected chi connectivity index (χ1v) is 8.16. The summed E-state index contributed by atoms with van der Waals surface area (Å²) in [6.45, 7) is 10.3. The number of nitrogens with one attached hydrogen (secondary N) is 1. The van der Waals surface area contributed by atoms with E-state index in [9.17, 15) is 0 Å². The van der Waals surface area contributed by atoms with Gasteiger partial charge in [-0.1, -0.05) is 35.0 Å². The lowest BCUT2D eigenvalue weighted by Gasteiger charge is -2.31. The normalized spacial score (nSPS) is 17.8. The van der Waals surface area contributed by atoms with Crippen molar-refractivity contribution in [1.82, 2.24) is 10.2 Å². The number of likely N-dealkylation sites (tertiary alicyclic amines) is 1. The first-order chi connectivity index (χ1) is 9.19. The van der Waals surface area contributed by atoms with Gasteiger partial charge in [-0.05, 0) is 69.1 Å². The number of aryl methyl sites for hydroxylation is 1. The van der Waals surface area contributed by atoms with E-state index in [2.05, 4.69) is 58.2 Å². The van der Waals surface area contributed by atoms with Gasteiger partial charge in [0, 0.05) is 11.0 Å². The van der Waals surface area contributed by atoms with Crippen molar-refractivity contribution in [3.63, 3.8) is 0 Å². The van der Waals surface area contributed by atoms with Gasteiger partial charge in [-0.15, -0.1) is 0 Å². The molecule has 0 aliphatic carbocycles. The molecule has 1 aromatic rings. The number of rotatable bonds is 5. The predicted molar refractivity (Wildman–Crippen MR) is 85.4 cm³/mol. The Bertz CT molecular complexity index is 398. The van der Waals surface area contributed by atoms with E-state index in [4.69, 9.17) is 0 Å².